The average molecular weight is 421 g/mol. The molecule has 3 rings (SSSR count). The molecular formula is C18H23N5O5S. The highest BCUT2D eigenvalue weighted by atomic mass is 32.2. The molecule has 4 amide bonds. The highest BCUT2D eigenvalue weighted by Crippen LogP contribution is 2.28. The number of aryl methyl sites for hydroxylation is 1. The number of carbonyl (C=O) groups excluding carboxylic acids is 3. The number of benzene rings is 1. The van der Waals surface area contributed by atoms with Crippen LogP contribution in [-0.2, 0) is 9.59 Å². The minimum absolute atomic E-state index is 0.00287. The minimum Gasteiger partial charge on any atom is -0.491 e. The summed E-state index contributed by atoms with van der Waals surface area (Å²) in [4.78, 5) is 42.8. The van der Waals surface area contributed by atoms with Crippen molar-refractivity contribution in [1.82, 2.24) is 15.1 Å². The van der Waals surface area contributed by atoms with Crippen molar-refractivity contribution < 1.29 is 24.2 Å². The number of carbonyl (C=O) groups is 3. The highest BCUT2D eigenvalue weighted by molar-refractivity contribution is 8.14. The summed E-state index contributed by atoms with van der Waals surface area (Å²) in [6.45, 7) is 1.94. The van der Waals surface area contributed by atoms with Crippen molar-refractivity contribution in [3.63, 3.8) is 0 Å². The number of rotatable bonds is 7. The van der Waals surface area contributed by atoms with Crippen LogP contribution in [0.4, 0.5) is 4.79 Å². The number of aliphatic imine (C=N–C) groups is 1. The zero-order valence-electron chi connectivity index (χ0n) is 16.1. The van der Waals surface area contributed by atoms with Gasteiger partial charge in [0.25, 0.3) is 5.91 Å². The van der Waals surface area contributed by atoms with Gasteiger partial charge >= 0.3 is 6.03 Å². The SMILES string of the molecule is Cc1ccccc1OCC(O)CN1C(SCC(N)=O)=NC2C1C(=O)NC(=O)N2C. The largest absolute Gasteiger partial charge is 0.491 e. The minimum atomic E-state index is -0.941. The lowest BCUT2D eigenvalue weighted by Gasteiger charge is -2.36. The molecule has 29 heavy (non-hydrogen) atoms. The van der Waals surface area contributed by atoms with E-state index in [0.29, 0.717) is 10.9 Å². The quantitative estimate of drug-likeness (QED) is 0.540. The zero-order chi connectivity index (χ0) is 21.1. The maximum Gasteiger partial charge on any atom is 0.325 e. The Kier molecular flexibility index (Phi) is 6.28. The Morgan fingerprint density at radius 1 is 1.41 bits per heavy atom. The highest BCUT2D eigenvalue weighted by Gasteiger charge is 2.49. The van der Waals surface area contributed by atoms with Crippen molar-refractivity contribution in [2.75, 3.05) is 26.0 Å². The van der Waals surface area contributed by atoms with Gasteiger partial charge < -0.3 is 25.4 Å². The molecule has 0 bridgehead atoms. The monoisotopic (exact) mass is 421 g/mol. The third-order valence-electron chi connectivity index (χ3n) is 4.60. The maximum absolute atomic E-state index is 12.4. The Bertz CT molecular complexity index is 848. The molecule has 1 saturated heterocycles. The van der Waals surface area contributed by atoms with E-state index in [1.54, 1.807) is 11.0 Å². The lowest BCUT2D eigenvalue weighted by atomic mass is 10.1. The van der Waals surface area contributed by atoms with Crippen LogP contribution in [0.25, 0.3) is 0 Å². The number of imide groups is 1. The molecule has 1 aromatic rings. The van der Waals surface area contributed by atoms with E-state index in [1.807, 2.05) is 25.1 Å². The summed E-state index contributed by atoms with van der Waals surface area (Å²) < 4.78 is 5.68. The van der Waals surface area contributed by atoms with E-state index in [1.165, 1.54) is 11.9 Å². The number of amidine groups is 1. The van der Waals surface area contributed by atoms with Crippen molar-refractivity contribution in [1.29, 1.82) is 0 Å². The fourth-order valence-electron chi connectivity index (χ4n) is 3.13. The molecule has 0 aromatic heterocycles. The number of hydrogen-bond acceptors (Lipinski definition) is 8. The molecule has 3 unspecified atom stereocenters. The third-order valence-corrected chi connectivity index (χ3v) is 5.63. The van der Waals surface area contributed by atoms with Gasteiger partial charge in [0.1, 0.15) is 18.5 Å². The molecule has 0 aliphatic carbocycles. The van der Waals surface area contributed by atoms with Crippen LogP contribution in [0.2, 0.25) is 0 Å². The van der Waals surface area contributed by atoms with E-state index >= 15 is 0 Å². The Morgan fingerprint density at radius 3 is 2.83 bits per heavy atom. The van der Waals surface area contributed by atoms with Gasteiger partial charge in [-0.1, -0.05) is 30.0 Å². The zero-order valence-corrected chi connectivity index (χ0v) is 16.9. The van der Waals surface area contributed by atoms with Gasteiger partial charge in [-0.2, -0.15) is 0 Å². The van der Waals surface area contributed by atoms with Gasteiger partial charge in [-0.25, -0.2) is 9.79 Å². The number of β-amino-alcohol motifs (C(OH)–C–C–N with tert-alkyl or cyclic N) is 1. The van der Waals surface area contributed by atoms with Crippen molar-refractivity contribution >= 4 is 34.8 Å². The normalized spacial score (nSPS) is 22.1. The van der Waals surface area contributed by atoms with E-state index in [2.05, 4.69) is 10.3 Å². The molecule has 4 N–H and O–H groups in total. The number of nitrogens with two attached hydrogens (primary N) is 1. The number of para-hydroxylation sites is 1. The van der Waals surface area contributed by atoms with Gasteiger partial charge in [-0.3, -0.25) is 14.9 Å². The standard InChI is InChI=1S/C18H23N5O5S/c1-10-5-3-4-6-12(10)28-8-11(24)7-23-14-15(20-18(23)29-9-13(19)25)22(2)17(27)21-16(14)26/h3-6,11,14-15,24H,7-9H2,1-2H3,(H2,19,25)(H,21,26,27). The van der Waals surface area contributed by atoms with Crippen LogP contribution in [0.1, 0.15) is 5.56 Å². The first-order valence-electron chi connectivity index (χ1n) is 8.97. The average Bonchev–Trinajstić information content (AvgIpc) is 3.03. The summed E-state index contributed by atoms with van der Waals surface area (Å²) >= 11 is 1.06. The van der Waals surface area contributed by atoms with E-state index in [9.17, 15) is 19.5 Å². The van der Waals surface area contributed by atoms with Crippen LogP contribution in [0, 0.1) is 6.92 Å². The van der Waals surface area contributed by atoms with Crippen molar-refractivity contribution in [3.05, 3.63) is 29.8 Å². The van der Waals surface area contributed by atoms with Crippen molar-refractivity contribution in [3.8, 4) is 5.75 Å². The number of primary amides is 1. The number of urea groups is 1. The predicted octanol–water partition coefficient (Wildman–Crippen LogP) is -0.499. The first-order valence-corrected chi connectivity index (χ1v) is 9.96. The van der Waals surface area contributed by atoms with Crippen LogP contribution in [0.3, 0.4) is 0 Å². The number of nitrogens with zero attached hydrogens (tertiary/aromatic N) is 3. The van der Waals surface area contributed by atoms with E-state index in [0.717, 1.165) is 17.3 Å². The Balaban J connectivity index is 1.72. The smallest absolute Gasteiger partial charge is 0.325 e. The van der Waals surface area contributed by atoms with Crippen molar-refractivity contribution in [2.45, 2.75) is 25.2 Å². The summed E-state index contributed by atoms with van der Waals surface area (Å²) in [6, 6.07) is 6.08. The van der Waals surface area contributed by atoms with E-state index in [4.69, 9.17) is 10.5 Å². The number of likely N-dealkylation sites (N-methyl/N-ethyl adjacent to an activating group) is 1. The molecule has 10 nitrogen and oxygen atoms in total. The predicted molar refractivity (Wildman–Crippen MR) is 107 cm³/mol. The van der Waals surface area contributed by atoms with Gasteiger partial charge in [-0.15, -0.1) is 0 Å². The number of nitrogens with one attached hydrogen (secondary N) is 1. The lowest BCUT2D eigenvalue weighted by Crippen LogP contribution is -2.64. The summed E-state index contributed by atoms with van der Waals surface area (Å²) in [5.74, 6) is -0.430. The van der Waals surface area contributed by atoms with Crippen molar-refractivity contribution in [2.24, 2.45) is 10.7 Å². The molecule has 2 aliphatic rings. The summed E-state index contributed by atoms with van der Waals surface area (Å²) in [5, 5.41) is 13.2. The van der Waals surface area contributed by atoms with Crippen LogP contribution in [0.5, 0.6) is 5.75 Å². The van der Waals surface area contributed by atoms with Gasteiger partial charge in [0.05, 0.1) is 12.3 Å². The second-order valence-corrected chi connectivity index (χ2v) is 7.76. The maximum atomic E-state index is 12.4. The number of aliphatic hydroxyl groups is 1. The lowest BCUT2D eigenvalue weighted by molar-refractivity contribution is -0.127. The fourth-order valence-corrected chi connectivity index (χ4v) is 3.94. The Hall–Kier alpha value is -2.79. The van der Waals surface area contributed by atoms with Gasteiger partial charge in [0.15, 0.2) is 17.4 Å². The molecule has 11 heteroatoms. The molecule has 2 heterocycles. The topological polar surface area (TPSA) is 138 Å². The van der Waals surface area contributed by atoms with Crippen LogP contribution in [-0.4, -0.2) is 82.2 Å². The number of aliphatic hydroxyl groups excluding tert-OH is 1. The van der Waals surface area contributed by atoms with Crippen LogP contribution < -0.4 is 15.8 Å². The first kappa shape index (κ1) is 20.9. The van der Waals surface area contributed by atoms with Gasteiger partial charge in [-0.05, 0) is 18.6 Å². The Labute approximate surface area is 172 Å². The third kappa shape index (κ3) is 4.62. The number of fused-ring (bicyclic) bond motifs is 1. The molecule has 1 aromatic carbocycles. The molecule has 3 atom stereocenters. The molecule has 0 saturated carbocycles. The summed E-state index contributed by atoms with van der Waals surface area (Å²) in [5.41, 5.74) is 6.16. The Morgan fingerprint density at radius 2 is 2.14 bits per heavy atom. The summed E-state index contributed by atoms with van der Waals surface area (Å²) in [7, 11) is 1.53. The molecule has 0 radical (unpaired) electrons. The number of amides is 4. The van der Waals surface area contributed by atoms with Crippen LogP contribution in [0.15, 0.2) is 29.3 Å². The number of hydrogen-bond donors (Lipinski definition) is 3. The molecule has 156 valence electrons. The molecular weight excluding hydrogens is 398 g/mol. The number of thioether (sulfide) groups is 1. The fraction of sp³-hybridized carbons (Fsp3) is 0.444. The summed E-state index contributed by atoms with van der Waals surface area (Å²) in [6.07, 6.45) is -1.68. The second kappa shape index (κ2) is 8.70. The van der Waals surface area contributed by atoms with Gasteiger partial charge in [0.2, 0.25) is 5.91 Å². The van der Waals surface area contributed by atoms with Crippen LogP contribution >= 0.6 is 11.8 Å². The molecule has 0 spiro atoms. The van der Waals surface area contributed by atoms with E-state index < -0.39 is 36.2 Å². The second-order valence-electron chi connectivity index (χ2n) is 6.81. The number of ether oxygens (including phenoxy) is 1. The molecule has 1 fully saturated rings. The molecule has 2 aliphatic heterocycles. The first-order chi connectivity index (χ1) is 13.8. The van der Waals surface area contributed by atoms with E-state index in [-0.39, 0.29) is 18.9 Å². The van der Waals surface area contributed by atoms with Gasteiger partial charge in [0, 0.05) is 7.05 Å².